The Kier molecular flexibility index (Phi) is 6.41. The summed E-state index contributed by atoms with van der Waals surface area (Å²) < 4.78 is 0. The van der Waals surface area contributed by atoms with Crippen molar-refractivity contribution in [1.29, 1.82) is 0 Å². The third-order valence-electron chi connectivity index (χ3n) is 5.88. The predicted molar refractivity (Wildman–Crippen MR) is 120 cm³/mol. The van der Waals surface area contributed by atoms with Crippen LogP contribution in [-0.4, -0.2) is 34.8 Å². The summed E-state index contributed by atoms with van der Waals surface area (Å²) in [5.41, 5.74) is 4.08. The van der Waals surface area contributed by atoms with Crippen LogP contribution < -0.4 is 5.32 Å². The quantitative estimate of drug-likeness (QED) is 0.673. The van der Waals surface area contributed by atoms with Gasteiger partial charge in [0.05, 0.1) is 24.6 Å². The summed E-state index contributed by atoms with van der Waals surface area (Å²) in [6.07, 6.45) is 2.07. The number of pyridine rings is 1. The molecule has 5 heteroatoms. The zero-order valence-corrected chi connectivity index (χ0v) is 17.7. The molecule has 0 radical (unpaired) electrons. The van der Waals surface area contributed by atoms with Gasteiger partial charge in [0.15, 0.2) is 0 Å². The van der Waals surface area contributed by atoms with Gasteiger partial charge in [-0.2, -0.15) is 0 Å². The third-order valence-corrected chi connectivity index (χ3v) is 5.88. The van der Waals surface area contributed by atoms with Gasteiger partial charge in [-0.15, -0.1) is 0 Å². The van der Waals surface area contributed by atoms with Gasteiger partial charge in [-0.3, -0.25) is 14.6 Å². The van der Waals surface area contributed by atoms with Crippen LogP contribution in [0, 0.1) is 12.8 Å². The number of aryl methyl sites for hydroxylation is 1. The Hall–Kier alpha value is -3.47. The molecule has 2 aromatic carbocycles. The maximum atomic E-state index is 13.1. The van der Waals surface area contributed by atoms with E-state index in [0.717, 1.165) is 16.8 Å². The van der Waals surface area contributed by atoms with Crippen LogP contribution in [0.15, 0.2) is 79.0 Å². The van der Waals surface area contributed by atoms with Gasteiger partial charge in [-0.1, -0.05) is 66.2 Å². The number of aromatic nitrogens is 1. The molecule has 31 heavy (non-hydrogen) atoms. The molecule has 1 aliphatic heterocycles. The van der Waals surface area contributed by atoms with E-state index in [9.17, 15) is 9.59 Å². The molecule has 1 fully saturated rings. The second kappa shape index (κ2) is 9.56. The molecule has 0 bridgehead atoms. The van der Waals surface area contributed by atoms with E-state index >= 15 is 0 Å². The van der Waals surface area contributed by atoms with Gasteiger partial charge in [0.25, 0.3) is 0 Å². The van der Waals surface area contributed by atoms with Crippen molar-refractivity contribution >= 4 is 11.8 Å². The minimum atomic E-state index is -0.286. The normalized spacial score (nSPS) is 18.0. The molecule has 1 aromatic heterocycles. The van der Waals surface area contributed by atoms with E-state index in [4.69, 9.17) is 0 Å². The van der Waals surface area contributed by atoms with Crippen LogP contribution in [0.3, 0.4) is 0 Å². The lowest BCUT2D eigenvalue weighted by Crippen LogP contribution is -2.35. The van der Waals surface area contributed by atoms with E-state index in [1.54, 1.807) is 6.20 Å². The fourth-order valence-electron chi connectivity index (χ4n) is 4.12. The second-order valence-corrected chi connectivity index (χ2v) is 8.12. The summed E-state index contributed by atoms with van der Waals surface area (Å²) >= 11 is 0. The highest BCUT2D eigenvalue weighted by Crippen LogP contribution is 2.33. The van der Waals surface area contributed by atoms with E-state index in [-0.39, 0.29) is 23.7 Å². The van der Waals surface area contributed by atoms with Crippen molar-refractivity contribution in [3.05, 3.63) is 101 Å². The van der Waals surface area contributed by atoms with Crippen LogP contribution in [0.4, 0.5) is 0 Å². The molecule has 0 aliphatic carbocycles. The molecule has 1 N–H and O–H groups in total. The summed E-state index contributed by atoms with van der Waals surface area (Å²) in [5.74, 6) is -0.287. The number of rotatable bonds is 6. The van der Waals surface area contributed by atoms with Gasteiger partial charge in [-0.05, 0) is 30.2 Å². The van der Waals surface area contributed by atoms with Gasteiger partial charge in [0.1, 0.15) is 0 Å². The maximum Gasteiger partial charge on any atom is 0.227 e. The summed E-state index contributed by atoms with van der Waals surface area (Å²) in [6.45, 7) is 3.41. The SMILES string of the molecule is Cc1ccc(C2CN(C(=O)Cc3ccccc3)CC2C(=O)NCc2ccccn2)cc1. The Labute approximate surface area is 183 Å². The first-order chi connectivity index (χ1) is 15.1. The summed E-state index contributed by atoms with van der Waals surface area (Å²) in [6, 6.07) is 23.7. The van der Waals surface area contributed by atoms with Crippen LogP contribution >= 0.6 is 0 Å². The van der Waals surface area contributed by atoms with E-state index in [0.29, 0.717) is 26.1 Å². The Morgan fingerprint density at radius 1 is 0.968 bits per heavy atom. The molecular formula is C26H27N3O2. The molecule has 0 spiro atoms. The van der Waals surface area contributed by atoms with Crippen molar-refractivity contribution in [2.24, 2.45) is 5.92 Å². The molecule has 1 aliphatic rings. The zero-order valence-electron chi connectivity index (χ0n) is 17.7. The van der Waals surface area contributed by atoms with Gasteiger partial charge in [0, 0.05) is 25.2 Å². The number of benzene rings is 2. The average Bonchev–Trinajstić information content (AvgIpc) is 3.25. The van der Waals surface area contributed by atoms with Gasteiger partial charge < -0.3 is 10.2 Å². The monoisotopic (exact) mass is 413 g/mol. The molecule has 0 saturated carbocycles. The average molecular weight is 414 g/mol. The third kappa shape index (κ3) is 5.18. The summed E-state index contributed by atoms with van der Waals surface area (Å²) in [5, 5.41) is 3.02. The van der Waals surface area contributed by atoms with Gasteiger partial charge in [0.2, 0.25) is 11.8 Å². The number of carbonyl (C=O) groups excluding carboxylic acids is 2. The van der Waals surface area contributed by atoms with Crippen LogP contribution in [-0.2, 0) is 22.6 Å². The summed E-state index contributed by atoms with van der Waals surface area (Å²) in [7, 11) is 0. The van der Waals surface area contributed by atoms with E-state index in [2.05, 4.69) is 34.6 Å². The first-order valence-corrected chi connectivity index (χ1v) is 10.7. The van der Waals surface area contributed by atoms with Crippen molar-refractivity contribution in [3.8, 4) is 0 Å². The van der Waals surface area contributed by atoms with E-state index < -0.39 is 0 Å². The molecule has 5 nitrogen and oxygen atoms in total. The number of nitrogens with zero attached hydrogens (tertiary/aromatic N) is 2. The highest BCUT2D eigenvalue weighted by Gasteiger charge is 2.40. The molecule has 2 amide bonds. The smallest absolute Gasteiger partial charge is 0.227 e. The van der Waals surface area contributed by atoms with Crippen molar-refractivity contribution in [2.45, 2.75) is 25.8 Å². The molecule has 158 valence electrons. The molecule has 3 aromatic rings. The lowest BCUT2D eigenvalue weighted by atomic mass is 9.88. The Morgan fingerprint density at radius 3 is 2.42 bits per heavy atom. The molecular weight excluding hydrogens is 386 g/mol. The van der Waals surface area contributed by atoms with Crippen LogP contribution in [0.2, 0.25) is 0 Å². The van der Waals surface area contributed by atoms with Crippen molar-refractivity contribution < 1.29 is 9.59 Å². The number of likely N-dealkylation sites (tertiary alicyclic amines) is 1. The number of nitrogens with one attached hydrogen (secondary N) is 1. The summed E-state index contributed by atoms with van der Waals surface area (Å²) in [4.78, 5) is 32.2. The van der Waals surface area contributed by atoms with Crippen molar-refractivity contribution in [1.82, 2.24) is 15.2 Å². The zero-order chi connectivity index (χ0) is 21.6. The predicted octanol–water partition coefficient (Wildman–Crippen LogP) is 3.49. The van der Waals surface area contributed by atoms with Crippen LogP contribution in [0.25, 0.3) is 0 Å². The van der Waals surface area contributed by atoms with Crippen LogP contribution in [0.1, 0.15) is 28.3 Å². The lowest BCUT2D eigenvalue weighted by molar-refractivity contribution is -0.130. The number of hydrogen-bond donors (Lipinski definition) is 1. The highest BCUT2D eigenvalue weighted by atomic mass is 16.2. The highest BCUT2D eigenvalue weighted by molar-refractivity contribution is 5.84. The Bertz CT molecular complexity index is 1020. The van der Waals surface area contributed by atoms with Crippen molar-refractivity contribution in [3.63, 3.8) is 0 Å². The largest absolute Gasteiger partial charge is 0.350 e. The van der Waals surface area contributed by atoms with E-state index in [1.165, 1.54) is 5.56 Å². The first-order valence-electron chi connectivity index (χ1n) is 10.7. The maximum absolute atomic E-state index is 13.1. The number of carbonyl (C=O) groups is 2. The Morgan fingerprint density at radius 2 is 1.71 bits per heavy atom. The van der Waals surface area contributed by atoms with E-state index in [1.807, 2.05) is 60.4 Å². The van der Waals surface area contributed by atoms with Gasteiger partial charge >= 0.3 is 0 Å². The fourth-order valence-corrected chi connectivity index (χ4v) is 4.12. The topological polar surface area (TPSA) is 62.3 Å². The molecule has 2 atom stereocenters. The number of hydrogen-bond acceptors (Lipinski definition) is 3. The Balaban J connectivity index is 1.49. The molecule has 2 heterocycles. The minimum Gasteiger partial charge on any atom is -0.350 e. The first kappa shape index (κ1) is 20.8. The fraction of sp³-hybridized carbons (Fsp3) is 0.269. The van der Waals surface area contributed by atoms with Gasteiger partial charge in [-0.25, -0.2) is 0 Å². The van der Waals surface area contributed by atoms with Crippen molar-refractivity contribution in [2.75, 3.05) is 13.1 Å². The molecule has 2 unspecified atom stereocenters. The lowest BCUT2D eigenvalue weighted by Gasteiger charge is -2.18. The number of amides is 2. The second-order valence-electron chi connectivity index (χ2n) is 8.12. The standard InChI is InChI=1S/C26H27N3O2/c1-19-10-12-21(13-11-19)23-17-29(25(30)15-20-7-3-2-4-8-20)18-24(23)26(31)28-16-22-9-5-6-14-27-22/h2-14,23-24H,15-18H2,1H3,(H,28,31). The molecule has 1 saturated heterocycles. The minimum absolute atomic E-state index is 0.0240. The molecule has 4 rings (SSSR count). The van der Waals surface area contributed by atoms with Crippen LogP contribution in [0.5, 0.6) is 0 Å².